The van der Waals surface area contributed by atoms with Crippen molar-refractivity contribution in [3.05, 3.63) is 167 Å². The number of ether oxygens (including phenoxy) is 7. The molecule has 0 fully saturated rings. The van der Waals surface area contributed by atoms with E-state index < -0.39 is 0 Å². The monoisotopic (exact) mass is 1830 g/mol. The fraction of sp³-hybridized carbons (Fsp3) is 0.205. The summed E-state index contributed by atoms with van der Waals surface area (Å²) < 4.78 is 37.0. The molecule has 42 heteroatoms. The number of halogens is 12. The maximum Gasteiger partial charge on any atom is 0.321 e. The molecule has 0 amide bonds. The molecule has 0 saturated carbocycles. The summed E-state index contributed by atoms with van der Waals surface area (Å²) in [5.41, 5.74) is 45.5. The van der Waals surface area contributed by atoms with E-state index in [1.807, 2.05) is 44.6 Å². The predicted octanol–water partition coefficient (Wildman–Crippen LogP) is 18.9. The Morgan fingerprint density at radius 2 is 0.696 bits per heavy atom. The second-order valence-corrected chi connectivity index (χ2v) is 30.2. The van der Waals surface area contributed by atoms with Crippen molar-refractivity contribution < 1.29 is 33.2 Å². The topological polar surface area (TPSA) is 413 Å². The van der Waals surface area contributed by atoms with Crippen LogP contribution in [0.3, 0.4) is 0 Å². The third-order valence-electron chi connectivity index (χ3n) is 16.2. The van der Waals surface area contributed by atoms with Crippen LogP contribution in [-0.2, 0) is 19.3 Å². The number of nitrogens with two attached hydrogens (primary N) is 6. The van der Waals surface area contributed by atoms with Crippen LogP contribution in [0.2, 0.25) is 60.3 Å². The number of hydrogen-bond donors (Lipinski definition) is 7. The first-order valence-electron chi connectivity index (χ1n) is 33.2. The highest BCUT2D eigenvalue weighted by molar-refractivity contribution is 7.98. The van der Waals surface area contributed by atoms with Crippen molar-refractivity contribution in [2.45, 2.75) is 43.3 Å². The number of nitrogens with zero attached hydrogens (tertiary/aromatic N) is 14. The number of nitrogens with one attached hydrogen (secondary N) is 1. The molecule has 13 N–H and O–H groups in total. The van der Waals surface area contributed by atoms with Crippen LogP contribution in [0.5, 0.6) is 40.5 Å². The Morgan fingerprint density at radius 1 is 0.339 bits per heavy atom. The molecule has 3 aliphatic rings. The van der Waals surface area contributed by atoms with Gasteiger partial charge in [0.25, 0.3) is 0 Å². The van der Waals surface area contributed by atoms with Gasteiger partial charge in [0.2, 0.25) is 35.7 Å². The first kappa shape index (κ1) is 88.4. The molecule has 9 heterocycles. The van der Waals surface area contributed by atoms with Gasteiger partial charge in [-0.2, -0.15) is 29.9 Å². The summed E-state index contributed by atoms with van der Waals surface area (Å²) in [6.07, 6.45) is 6.02. The molecule has 0 saturated heterocycles. The van der Waals surface area contributed by atoms with Gasteiger partial charge in [-0.3, -0.25) is 0 Å². The van der Waals surface area contributed by atoms with Gasteiger partial charge in [0, 0.05) is 93.8 Å². The molecule has 115 heavy (non-hydrogen) atoms. The smallest absolute Gasteiger partial charge is 0.321 e. The molecule has 3 aliphatic heterocycles. The molecule has 15 rings (SSSR count). The average Bonchev–Trinajstić information content (AvgIpc) is 1.69. The molecule has 0 atom stereocenters. The van der Waals surface area contributed by atoms with Gasteiger partial charge >= 0.3 is 6.01 Å². The van der Waals surface area contributed by atoms with Crippen LogP contribution < -0.4 is 72.9 Å². The third-order valence-corrected chi connectivity index (χ3v) is 20.9. The van der Waals surface area contributed by atoms with Crippen molar-refractivity contribution >= 4 is 204 Å². The van der Waals surface area contributed by atoms with Gasteiger partial charge < -0.3 is 72.9 Å². The van der Waals surface area contributed by atoms with Crippen molar-refractivity contribution in [1.29, 1.82) is 0 Å². The van der Waals surface area contributed by atoms with Crippen LogP contribution in [0.15, 0.2) is 89.0 Å². The van der Waals surface area contributed by atoms with E-state index in [4.69, 9.17) is 207 Å². The van der Waals surface area contributed by atoms with Gasteiger partial charge in [0.05, 0.1) is 131 Å². The van der Waals surface area contributed by atoms with Crippen LogP contribution in [0.25, 0.3) is 67.8 Å². The molecule has 6 aromatic heterocycles. The van der Waals surface area contributed by atoms with Crippen molar-refractivity contribution in [2.75, 3.05) is 108 Å². The van der Waals surface area contributed by atoms with E-state index in [9.17, 15) is 0 Å². The summed E-state index contributed by atoms with van der Waals surface area (Å²) in [7, 11) is 7.76. The average molecular weight is 1840 g/mol. The fourth-order valence-corrected chi connectivity index (χ4v) is 15.7. The summed E-state index contributed by atoms with van der Waals surface area (Å²) in [6, 6.07) is 22.2. The van der Waals surface area contributed by atoms with Crippen LogP contribution in [0.1, 0.15) is 28.1 Å². The van der Waals surface area contributed by atoms with Crippen molar-refractivity contribution in [3.8, 4) is 108 Å². The Balaban J connectivity index is 0.000000146. The first-order valence-corrected chi connectivity index (χ1v) is 40.2. The van der Waals surface area contributed by atoms with Crippen LogP contribution in [0.4, 0.5) is 41.5 Å². The largest absolute Gasteiger partial charge is 0.495 e. The summed E-state index contributed by atoms with van der Waals surface area (Å²) in [5.74, 6) is 5.85. The van der Waals surface area contributed by atoms with Crippen molar-refractivity contribution in [2.24, 2.45) is 0 Å². The normalized spacial score (nSPS) is 11.8. The Morgan fingerprint density at radius 3 is 1.09 bits per heavy atom. The lowest BCUT2D eigenvalue weighted by atomic mass is 10.0. The third kappa shape index (κ3) is 21.6. The number of thioether (sulfide) groups is 2. The minimum absolute atomic E-state index is 0.0341. The van der Waals surface area contributed by atoms with E-state index in [1.165, 1.54) is 44.9 Å². The number of aromatic nitrogens is 14. The number of rotatable bonds is 13. The number of fused-ring (bicyclic) bond motifs is 3. The number of anilines is 7. The minimum atomic E-state index is 0.0341. The quantitative estimate of drug-likeness (QED) is 0.0416. The van der Waals surface area contributed by atoms with Gasteiger partial charge in [-0.15, -0.1) is 11.8 Å². The standard InChI is InChI=1S/C13H12Cl2N4O.2C13H11Cl2N3O.C12H11Cl2N3OS.C11H10Cl2N4O2.C11H10Cl2N4OS/c1-17-10-5-9(18-13(16)19-10)11-6-2-3-20-12(6)8(15)4-7(11)14;2*1-6-4-10(18-13(16)17-6)11-7-2-3-19-12(7)9(15)5-8(11)14;1-18-10-3-6(7(13)4-8(10)14)9-5-11(19-2)17-12(15)16-9;2*1-18-8-3-5(6(12)4-7(8)13)9-15-10(14)17-11(16-9)19-2/h4-5H,2-3H2,1H3,(H3,16,17,18,19);2*4-5H,2-3H2,1H3,(H2,16,17,18);3-5H,1-2H3,(H2,15,16,17);2*3-4H,1-2H3,(H2,14,15,16,17). The maximum atomic E-state index is 6.33. The van der Waals surface area contributed by atoms with E-state index in [1.54, 1.807) is 74.8 Å². The zero-order chi connectivity index (χ0) is 83.4. The number of nitrogen functional groups attached to an aromatic ring is 6. The van der Waals surface area contributed by atoms with Crippen LogP contribution in [-0.4, -0.2) is 138 Å². The van der Waals surface area contributed by atoms with Gasteiger partial charge in [0.15, 0.2) is 16.8 Å². The van der Waals surface area contributed by atoms with E-state index in [0.29, 0.717) is 171 Å². The second-order valence-electron chi connectivity index (χ2n) is 23.7. The SMILES string of the molecule is CNc1cc(-c2c(Cl)cc(Cl)c3c2CCO3)nc(N)n1.COc1cc(-c2cc(SC)nc(N)n2)c(Cl)cc1Cl.COc1cc(-c2nc(N)nc(SC)n2)c(Cl)cc1Cl.COc1nc(N)nc(-c2cc(OC)c(Cl)cc2Cl)n1.Cc1cc(-c2c(Cl)cc(Cl)c3c2CCO3)nc(N)n1.Cc1cc(-c2c(Cl)cc(Cl)c3c2CCO3)nc(N)n1. The Hall–Kier alpha value is -8.96. The zero-order valence-corrected chi connectivity index (χ0v) is 72.4. The highest BCUT2D eigenvalue weighted by Crippen LogP contribution is 2.48. The van der Waals surface area contributed by atoms with Gasteiger partial charge in [-0.1, -0.05) is 151 Å². The molecule has 6 aromatic carbocycles. The van der Waals surface area contributed by atoms with Crippen molar-refractivity contribution in [1.82, 2.24) is 69.8 Å². The molecule has 0 spiro atoms. The second kappa shape index (κ2) is 39.8. The molecule has 0 bridgehead atoms. The zero-order valence-electron chi connectivity index (χ0n) is 61.7. The molecule has 0 aliphatic carbocycles. The summed E-state index contributed by atoms with van der Waals surface area (Å²) >= 11 is 76.6. The number of hydrogen-bond acceptors (Lipinski definition) is 30. The summed E-state index contributed by atoms with van der Waals surface area (Å²) in [6.45, 7) is 5.51. The molecule has 0 radical (unpaired) electrons. The Bertz CT molecular complexity index is 5250. The lowest BCUT2D eigenvalue weighted by Crippen LogP contribution is -2.03. The minimum Gasteiger partial charge on any atom is -0.495 e. The van der Waals surface area contributed by atoms with Crippen molar-refractivity contribution in [3.63, 3.8) is 0 Å². The summed E-state index contributed by atoms with van der Waals surface area (Å²) in [5, 5.41) is 9.97. The Kier molecular flexibility index (Phi) is 30.6. The lowest BCUT2D eigenvalue weighted by Gasteiger charge is -2.12. The van der Waals surface area contributed by atoms with Gasteiger partial charge in [-0.25, -0.2) is 39.9 Å². The molecule has 12 aromatic rings. The highest BCUT2D eigenvalue weighted by Gasteiger charge is 2.29. The fourth-order valence-electron chi connectivity index (χ4n) is 11.3. The molecule has 0 unspecified atom stereocenters. The first-order chi connectivity index (χ1) is 54.8. The van der Waals surface area contributed by atoms with Gasteiger partial charge in [-0.05, 0) is 99.2 Å². The lowest BCUT2D eigenvalue weighted by molar-refractivity contribution is 0.357. The van der Waals surface area contributed by atoms with Crippen LogP contribution in [0, 0.1) is 13.8 Å². The van der Waals surface area contributed by atoms with E-state index >= 15 is 0 Å². The maximum absolute atomic E-state index is 6.33. The Labute approximate surface area is 727 Å². The van der Waals surface area contributed by atoms with E-state index in [-0.39, 0.29) is 47.5 Å². The van der Waals surface area contributed by atoms with Gasteiger partial charge in [0.1, 0.15) is 45.3 Å². The highest BCUT2D eigenvalue weighted by atomic mass is 35.5. The van der Waals surface area contributed by atoms with E-state index in [0.717, 1.165) is 69.1 Å². The number of methoxy groups -OCH3 is 4. The van der Waals surface area contributed by atoms with Crippen LogP contribution >= 0.6 is 163 Å². The molecule has 600 valence electrons. The number of benzene rings is 6. The molecular formula is C73H65Cl12N21O7S2. The number of aryl methyl sites for hydroxylation is 2. The summed E-state index contributed by atoms with van der Waals surface area (Å²) in [4.78, 5) is 57.5. The molecular weight excluding hydrogens is 1770 g/mol. The molecule has 28 nitrogen and oxygen atoms in total. The van der Waals surface area contributed by atoms with E-state index in [2.05, 4.69) is 75.1 Å². The predicted molar refractivity (Wildman–Crippen MR) is 463 cm³/mol.